The molecule has 0 aliphatic heterocycles. The van der Waals surface area contributed by atoms with Crippen molar-refractivity contribution in [3.63, 3.8) is 0 Å². The molecule has 0 aliphatic rings. The van der Waals surface area contributed by atoms with Crippen LogP contribution in [0.5, 0.6) is 5.75 Å². The standard InChI is InChI=1S/C12H14N2O2/c1-9(15)12-10(14-7-6-13-8-14)4-3-5-11(12)16-2/h3-9,15H,1-2H3. The van der Waals surface area contributed by atoms with Crippen LogP contribution in [-0.2, 0) is 0 Å². The molecule has 0 radical (unpaired) electrons. The van der Waals surface area contributed by atoms with Crippen LogP contribution in [0, 0.1) is 0 Å². The smallest absolute Gasteiger partial charge is 0.126 e. The number of benzene rings is 1. The predicted molar refractivity (Wildman–Crippen MR) is 60.7 cm³/mol. The van der Waals surface area contributed by atoms with Gasteiger partial charge in [-0.3, -0.25) is 0 Å². The first-order valence-electron chi connectivity index (χ1n) is 5.07. The molecule has 0 amide bonds. The van der Waals surface area contributed by atoms with E-state index in [0.717, 1.165) is 11.3 Å². The number of aliphatic hydroxyl groups excluding tert-OH is 1. The Morgan fingerprint density at radius 1 is 1.44 bits per heavy atom. The summed E-state index contributed by atoms with van der Waals surface area (Å²) in [4.78, 5) is 4.00. The number of imidazole rings is 1. The zero-order valence-corrected chi connectivity index (χ0v) is 9.29. The fourth-order valence-corrected chi connectivity index (χ4v) is 1.76. The third kappa shape index (κ3) is 1.79. The van der Waals surface area contributed by atoms with Crippen LogP contribution >= 0.6 is 0 Å². The maximum absolute atomic E-state index is 9.80. The van der Waals surface area contributed by atoms with Crippen molar-refractivity contribution in [2.24, 2.45) is 0 Å². The van der Waals surface area contributed by atoms with Gasteiger partial charge >= 0.3 is 0 Å². The van der Waals surface area contributed by atoms with Crippen LogP contribution in [-0.4, -0.2) is 21.8 Å². The van der Waals surface area contributed by atoms with Crippen LogP contribution in [0.2, 0.25) is 0 Å². The second-order valence-corrected chi connectivity index (χ2v) is 3.54. The summed E-state index contributed by atoms with van der Waals surface area (Å²) in [7, 11) is 1.60. The molecule has 84 valence electrons. The Hall–Kier alpha value is -1.81. The van der Waals surface area contributed by atoms with Gasteiger partial charge in [0, 0.05) is 18.0 Å². The zero-order valence-electron chi connectivity index (χ0n) is 9.29. The molecule has 1 aromatic carbocycles. The van der Waals surface area contributed by atoms with E-state index >= 15 is 0 Å². The summed E-state index contributed by atoms with van der Waals surface area (Å²) < 4.78 is 7.10. The molecule has 0 spiro atoms. The van der Waals surface area contributed by atoms with E-state index in [-0.39, 0.29) is 0 Å². The van der Waals surface area contributed by atoms with Crippen LogP contribution in [0.1, 0.15) is 18.6 Å². The predicted octanol–water partition coefficient (Wildman–Crippen LogP) is 1.93. The van der Waals surface area contributed by atoms with Gasteiger partial charge in [-0.25, -0.2) is 4.98 Å². The van der Waals surface area contributed by atoms with Crippen LogP contribution in [0.15, 0.2) is 36.9 Å². The number of methoxy groups -OCH3 is 1. The number of hydrogen-bond donors (Lipinski definition) is 1. The van der Waals surface area contributed by atoms with Gasteiger partial charge in [-0.05, 0) is 19.1 Å². The van der Waals surface area contributed by atoms with Crippen LogP contribution < -0.4 is 4.74 Å². The fraction of sp³-hybridized carbons (Fsp3) is 0.250. The van der Waals surface area contributed by atoms with Crippen molar-refractivity contribution in [3.05, 3.63) is 42.5 Å². The minimum Gasteiger partial charge on any atom is -0.496 e. The molecule has 16 heavy (non-hydrogen) atoms. The Labute approximate surface area is 94.1 Å². The van der Waals surface area contributed by atoms with Crippen molar-refractivity contribution < 1.29 is 9.84 Å². The van der Waals surface area contributed by atoms with Crippen molar-refractivity contribution in [1.82, 2.24) is 9.55 Å². The average Bonchev–Trinajstić information content (AvgIpc) is 2.81. The molecule has 0 aliphatic carbocycles. The number of rotatable bonds is 3. The van der Waals surface area contributed by atoms with E-state index in [1.54, 1.807) is 26.6 Å². The van der Waals surface area contributed by atoms with Gasteiger partial charge in [-0.2, -0.15) is 0 Å². The summed E-state index contributed by atoms with van der Waals surface area (Å²) in [5.41, 5.74) is 1.65. The molecule has 0 bridgehead atoms. The highest BCUT2D eigenvalue weighted by molar-refractivity contribution is 5.50. The molecular weight excluding hydrogens is 204 g/mol. The van der Waals surface area contributed by atoms with E-state index in [2.05, 4.69) is 4.98 Å². The Morgan fingerprint density at radius 3 is 2.81 bits per heavy atom. The molecule has 2 rings (SSSR count). The lowest BCUT2D eigenvalue weighted by molar-refractivity contribution is 0.194. The van der Waals surface area contributed by atoms with E-state index in [4.69, 9.17) is 4.74 Å². The Morgan fingerprint density at radius 2 is 2.25 bits per heavy atom. The molecule has 1 unspecified atom stereocenters. The number of ether oxygens (including phenoxy) is 1. The first-order chi connectivity index (χ1) is 7.74. The van der Waals surface area contributed by atoms with Crippen molar-refractivity contribution in [1.29, 1.82) is 0 Å². The second kappa shape index (κ2) is 4.37. The minimum atomic E-state index is -0.589. The summed E-state index contributed by atoms with van der Waals surface area (Å²) in [6.07, 6.45) is 4.64. The highest BCUT2D eigenvalue weighted by Gasteiger charge is 2.14. The van der Waals surface area contributed by atoms with Crippen molar-refractivity contribution >= 4 is 0 Å². The molecule has 0 saturated carbocycles. The van der Waals surface area contributed by atoms with Crippen molar-refractivity contribution in [3.8, 4) is 11.4 Å². The number of hydrogen-bond acceptors (Lipinski definition) is 3. The summed E-state index contributed by atoms with van der Waals surface area (Å²) in [5, 5.41) is 9.80. The molecule has 4 nitrogen and oxygen atoms in total. The van der Waals surface area contributed by atoms with Crippen LogP contribution in [0.3, 0.4) is 0 Å². The number of nitrogens with zero attached hydrogens (tertiary/aromatic N) is 2. The van der Waals surface area contributed by atoms with E-state index in [9.17, 15) is 5.11 Å². The minimum absolute atomic E-state index is 0.589. The lowest BCUT2D eigenvalue weighted by Crippen LogP contribution is -2.03. The number of aliphatic hydroxyl groups is 1. The first kappa shape index (κ1) is 10.7. The third-order valence-corrected chi connectivity index (χ3v) is 2.46. The quantitative estimate of drug-likeness (QED) is 0.856. The van der Waals surface area contributed by atoms with Crippen molar-refractivity contribution in [2.75, 3.05) is 7.11 Å². The molecular formula is C12H14N2O2. The lowest BCUT2D eigenvalue weighted by atomic mass is 10.1. The summed E-state index contributed by atoms with van der Waals surface area (Å²) >= 11 is 0. The topological polar surface area (TPSA) is 47.3 Å². The molecule has 1 N–H and O–H groups in total. The Bertz CT molecular complexity index is 464. The zero-order chi connectivity index (χ0) is 11.5. The summed E-state index contributed by atoms with van der Waals surface area (Å²) in [6.45, 7) is 1.72. The molecule has 4 heteroatoms. The number of aromatic nitrogens is 2. The molecule has 2 aromatic rings. The molecule has 1 heterocycles. The van der Waals surface area contributed by atoms with Gasteiger partial charge in [0.25, 0.3) is 0 Å². The first-order valence-corrected chi connectivity index (χ1v) is 5.07. The Kier molecular flexibility index (Phi) is 2.92. The monoisotopic (exact) mass is 218 g/mol. The largest absolute Gasteiger partial charge is 0.496 e. The third-order valence-electron chi connectivity index (χ3n) is 2.46. The lowest BCUT2D eigenvalue weighted by Gasteiger charge is -2.16. The maximum atomic E-state index is 9.80. The second-order valence-electron chi connectivity index (χ2n) is 3.54. The molecule has 1 aromatic heterocycles. The van der Waals surface area contributed by atoms with Crippen LogP contribution in [0.25, 0.3) is 5.69 Å². The van der Waals surface area contributed by atoms with E-state index in [1.165, 1.54) is 0 Å². The highest BCUT2D eigenvalue weighted by atomic mass is 16.5. The van der Waals surface area contributed by atoms with Gasteiger partial charge in [0.05, 0.1) is 25.2 Å². The van der Waals surface area contributed by atoms with Gasteiger partial charge in [-0.15, -0.1) is 0 Å². The summed E-state index contributed by atoms with van der Waals surface area (Å²) in [6, 6.07) is 5.65. The summed E-state index contributed by atoms with van der Waals surface area (Å²) in [5.74, 6) is 0.682. The van der Waals surface area contributed by atoms with Gasteiger partial charge in [-0.1, -0.05) is 6.07 Å². The fourth-order valence-electron chi connectivity index (χ4n) is 1.76. The SMILES string of the molecule is COc1cccc(-n2ccnc2)c1C(C)O. The van der Waals surface area contributed by atoms with Crippen LogP contribution in [0.4, 0.5) is 0 Å². The normalized spacial score (nSPS) is 12.4. The van der Waals surface area contributed by atoms with E-state index in [0.29, 0.717) is 5.75 Å². The maximum Gasteiger partial charge on any atom is 0.126 e. The Balaban J connectivity index is 2.61. The highest BCUT2D eigenvalue weighted by Crippen LogP contribution is 2.30. The molecule has 0 saturated heterocycles. The average molecular weight is 218 g/mol. The van der Waals surface area contributed by atoms with Crippen molar-refractivity contribution in [2.45, 2.75) is 13.0 Å². The molecule has 0 fully saturated rings. The van der Waals surface area contributed by atoms with Gasteiger partial charge in [0.15, 0.2) is 0 Å². The van der Waals surface area contributed by atoms with Gasteiger partial charge in [0.2, 0.25) is 0 Å². The van der Waals surface area contributed by atoms with Gasteiger partial charge < -0.3 is 14.4 Å². The van der Waals surface area contributed by atoms with Gasteiger partial charge in [0.1, 0.15) is 5.75 Å². The molecule has 1 atom stereocenters. The van der Waals surface area contributed by atoms with E-state index < -0.39 is 6.10 Å². The van der Waals surface area contributed by atoms with E-state index in [1.807, 2.05) is 29.0 Å².